The van der Waals surface area contributed by atoms with Crippen LogP contribution in [0.1, 0.15) is 26.6 Å². The van der Waals surface area contributed by atoms with Crippen molar-refractivity contribution in [2.24, 2.45) is 0 Å². The molecule has 0 aliphatic rings. The number of carbonyl (C=O) groups is 1. The largest absolute Gasteiger partial charge is 0.465 e. The highest BCUT2D eigenvalue weighted by atomic mass is 32.2. The van der Waals surface area contributed by atoms with Gasteiger partial charge in [0.2, 0.25) is 10.0 Å². The Morgan fingerprint density at radius 2 is 2.07 bits per heavy atom. The van der Waals surface area contributed by atoms with Gasteiger partial charge in [0, 0.05) is 18.4 Å². The highest BCUT2D eigenvalue weighted by Crippen LogP contribution is 2.23. The zero-order chi connectivity index (χ0) is 20.3. The van der Waals surface area contributed by atoms with Crippen molar-refractivity contribution >= 4 is 27.3 Å². The first kappa shape index (κ1) is 20.2. The van der Waals surface area contributed by atoms with E-state index >= 15 is 0 Å². The van der Waals surface area contributed by atoms with E-state index in [9.17, 15) is 13.2 Å². The van der Waals surface area contributed by atoms with Crippen molar-refractivity contribution < 1.29 is 17.9 Å². The third kappa shape index (κ3) is 3.98. The van der Waals surface area contributed by atoms with Gasteiger partial charge in [0.05, 0.1) is 12.8 Å². The van der Waals surface area contributed by atoms with Crippen LogP contribution in [-0.4, -0.2) is 42.8 Å². The summed E-state index contributed by atoms with van der Waals surface area (Å²) in [6.45, 7) is 3.98. The molecule has 0 unspecified atom stereocenters. The Hall–Kier alpha value is -2.56. The van der Waals surface area contributed by atoms with Gasteiger partial charge < -0.3 is 4.74 Å². The number of hydrogen-bond acceptors (Lipinski definition) is 7. The molecule has 3 rings (SSSR count). The Bertz CT molecular complexity index is 1090. The maximum atomic E-state index is 12.6. The molecule has 3 aromatic rings. The summed E-state index contributed by atoms with van der Waals surface area (Å²) in [4.78, 5) is 16.0. The molecule has 0 aliphatic carbocycles. The number of thiophene rings is 1. The summed E-state index contributed by atoms with van der Waals surface area (Å²) in [5, 5.41) is 6.06. The molecule has 0 aliphatic heterocycles. The number of esters is 1. The maximum absolute atomic E-state index is 12.6. The van der Waals surface area contributed by atoms with Gasteiger partial charge in [0.25, 0.3) is 0 Å². The number of rotatable bonds is 7. The standard InChI is InChI=1S/C18H20N4O4S2/c1-12-14(13(2)22(21-12)16-6-4-5-9-19-16)7-10-20-28(24,25)15-8-11-27-17(15)18(23)26-3/h4-6,8-9,11,20H,7,10H2,1-3H3. The average molecular weight is 421 g/mol. The Labute approximate surface area is 167 Å². The van der Waals surface area contributed by atoms with Gasteiger partial charge in [-0.05, 0) is 49.4 Å². The monoisotopic (exact) mass is 420 g/mol. The minimum Gasteiger partial charge on any atom is -0.465 e. The van der Waals surface area contributed by atoms with Gasteiger partial charge in [0.15, 0.2) is 5.82 Å². The number of ether oxygens (including phenoxy) is 1. The molecule has 0 atom stereocenters. The second-order valence-electron chi connectivity index (χ2n) is 6.00. The number of nitrogens with zero attached hydrogens (tertiary/aromatic N) is 3. The first-order chi connectivity index (χ1) is 13.3. The quantitative estimate of drug-likeness (QED) is 0.588. The molecular formula is C18H20N4O4S2. The fourth-order valence-corrected chi connectivity index (χ4v) is 5.24. The first-order valence-electron chi connectivity index (χ1n) is 8.47. The van der Waals surface area contributed by atoms with Crippen molar-refractivity contribution in [2.45, 2.75) is 25.2 Å². The first-order valence-corrected chi connectivity index (χ1v) is 10.8. The van der Waals surface area contributed by atoms with Crippen LogP contribution in [-0.2, 0) is 21.2 Å². The zero-order valence-electron chi connectivity index (χ0n) is 15.7. The molecule has 0 saturated heterocycles. The number of pyridine rings is 1. The summed E-state index contributed by atoms with van der Waals surface area (Å²) >= 11 is 1.03. The molecule has 3 heterocycles. The molecule has 0 spiro atoms. The van der Waals surface area contributed by atoms with E-state index in [-0.39, 0.29) is 16.3 Å². The van der Waals surface area contributed by atoms with Crippen LogP contribution in [0.3, 0.4) is 0 Å². The van der Waals surface area contributed by atoms with Crippen LogP contribution in [0.15, 0.2) is 40.7 Å². The van der Waals surface area contributed by atoms with Gasteiger partial charge in [-0.2, -0.15) is 5.10 Å². The summed E-state index contributed by atoms with van der Waals surface area (Å²) in [5.74, 6) is 0.0367. The lowest BCUT2D eigenvalue weighted by Gasteiger charge is -2.08. The highest BCUT2D eigenvalue weighted by molar-refractivity contribution is 7.89. The van der Waals surface area contributed by atoms with Crippen molar-refractivity contribution in [3.05, 3.63) is 57.7 Å². The predicted molar refractivity (Wildman–Crippen MR) is 105 cm³/mol. The molecule has 28 heavy (non-hydrogen) atoms. The van der Waals surface area contributed by atoms with Gasteiger partial charge in [0.1, 0.15) is 9.77 Å². The topological polar surface area (TPSA) is 103 Å². The van der Waals surface area contributed by atoms with Crippen LogP contribution in [0.5, 0.6) is 0 Å². The van der Waals surface area contributed by atoms with Gasteiger partial charge in [-0.25, -0.2) is 27.6 Å². The highest BCUT2D eigenvalue weighted by Gasteiger charge is 2.24. The minimum atomic E-state index is -3.82. The summed E-state index contributed by atoms with van der Waals surface area (Å²) in [6.07, 6.45) is 2.15. The van der Waals surface area contributed by atoms with Crippen LogP contribution in [0.2, 0.25) is 0 Å². The average Bonchev–Trinajstić information content (AvgIpc) is 3.29. The molecule has 148 valence electrons. The van der Waals surface area contributed by atoms with E-state index in [2.05, 4.69) is 19.5 Å². The van der Waals surface area contributed by atoms with E-state index in [1.54, 1.807) is 16.3 Å². The van der Waals surface area contributed by atoms with Crippen molar-refractivity contribution in [1.82, 2.24) is 19.5 Å². The van der Waals surface area contributed by atoms with Gasteiger partial charge in [-0.1, -0.05) is 6.07 Å². The number of hydrogen-bond donors (Lipinski definition) is 1. The Morgan fingerprint density at radius 1 is 1.29 bits per heavy atom. The molecule has 0 bridgehead atoms. The van der Waals surface area contributed by atoms with E-state index < -0.39 is 16.0 Å². The molecular weight excluding hydrogens is 400 g/mol. The fourth-order valence-electron chi connectivity index (χ4n) is 2.88. The third-order valence-corrected chi connectivity index (χ3v) is 6.79. The van der Waals surface area contributed by atoms with Crippen LogP contribution in [0.25, 0.3) is 5.82 Å². The third-order valence-electron chi connectivity index (χ3n) is 4.26. The molecule has 0 aromatic carbocycles. The Kier molecular flexibility index (Phi) is 5.92. The number of methoxy groups -OCH3 is 1. The summed E-state index contributed by atoms with van der Waals surface area (Å²) in [6, 6.07) is 6.97. The molecule has 0 radical (unpaired) electrons. The number of sulfonamides is 1. The molecule has 10 heteroatoms. The van der Waals surface area contributed by atoms with E-state index in [0.29, 0.717) is 12.2 Å². The van der Waals surface area contributed by atoms with E-state index in [4.69, 9.17) is 0 Å². The van der Waals surface area contributed by atoms with Crippen molar-refractivity contribution in [3.8, 4) is 5.82 Å². The number of aromatic nitrogens is 3. The number of carbonyl (C=O) groups excluding carboxylic acids is 1. The molecule has 0 amide bonds. The summed E-state index contributed by atoms with van der Waals surface area (Å²) in [5.41, 5.74) is 2.67. The van der Waals surface area contributed by atoms with Gasteiger partial charge >= 0.3 is 5.97 Å². The number of nitrogens with one attached hydrogen (secondary N) is 1. The molecule has 1 N–H and O–H groups in total. The molecule has 0 fully saturated rings. The van der Waals surface area contributed by atoms with Gasteiger partial charge in [-0.3, -0.25) is 0 Å². The minimum absolute atomic E-state index is 0.0605. The van der Waals surface area contributed by atoms with Crippen molar-refractivity contribution in [2.75, 3.05) is 13.7 Å². The summed E-state index contributed by atoms with van der Waals surface area (Å²) < 4.78 is 34.1. The van der Waals surface area contributed by atoms with Crippen molar-refractivity contribution in [3.63, 3.8) is 0 Å². The lowest BCUT2D eigenvalue weighted by Crippen LogP contribution is -2.27. The second kappa shape index (κ2) is 8.21. The second-order valence-corrected chi connectivity index (χ2v) is 8.65. The normalized spacial score (nSPS) is 11.5. The predicted octanol–water partition coefficient (Wildman–Crippen LogP) is 2.25. The number of aryl methyl sites for hydroxylation is 1. The van der Waals surface area contributed by atoms with E-state index in [1.807, 2.05) is 32.0 Å². The maximum Gasteiger partial charge on any atom is 0.349 e. The Balaban J connectivity index is 1.75. The fraction of sp³-hybridized carbons (Fsp3) is 0.278. The van der Waals surface area contributed by atoms with Crippen LogP contribution in [0.4, 0.5) is 0 Å². The molecule has 3 aromatic heterocycles. The molecule has 8 nitrogen and oxygen atoms in total. The Morgan fingerprint density at radius 3 is 2.75 bits per heavy atom. The van der Waals surface area contributed by atoms with Crippen molar-refractivity contribution in [1.29, 1.82) is 0 Å². The van der Waals surface area contributed by atoms with Crippen LogP contribution >= 0.6 is 11.3 Å². The smallest absolute Gasteiger partial charge is 0.349 e. The molecule has 0 saturated carbocycles. The SMILES string of the molecule is COC(=O)c1sccc1S(=O)(=O)NCCc1c(C)nn(-c2ccccn2)c1C. The summed E-state index contributed by atoms with van der Waals surface area (Å²) in [7, 11) is -2.60. The van der Waals surface area contributed by atoms with Gasteiger partial charge in [-0.15, -0.1) is 11.3 Å². The van der Waals surface area contributed by atoms with E-state index in [1.165, 1.54) is 13.2 Å². The van der Waals surface area contributed by atoms with Crippen LogP contribution < -0.4 is 4.72 Å². The zero-order valence-corrected chi connectivity index (χ0v) is 17.3. The lowest BCUT2D eigenvalue weighted by atomic mass is 10.1. The van der Waals surface area contributed by atoms with E-state index in [0.717, 1.165) is 28.3 Å². The van der Waals surface area contributed by atoms with Crippen LogP contribution in [0, 0.1) is 13.8 Å². The lowest BCUT2D eigenvalue weighted by molar-refractivity contribution is 0.0602.